The van der Waals surface area contributed by atoms with Gasteiger partial charge in [0, 0.05) is 44.3 Å². The van der Waals surface area contributed by atoms with Crippen LogP contribution in [0.5, 0.6) is 0 Å². The first-order valence-corrected chi connectivity index (χ1v) is 14.0. The van der Waals surface area contributed by atoms with Crippen LogP contribution in [0.3, 0.4) is 0 Å². The average Bonchev–Trinajstić information content (AvgIpc) is 2.89. The summed E-state index contributed by atoms with van der Waals surface area (Å²) in [6.45, 7) is 11.9. The summed E-state index contributed by atoms with van der Waals surface area (Å²) in [4.78, 5) is 17.4. The summed E-state index contributed by atoms with van der Waals surface area (Å²) in [5.74, 6) is -0.537. The number of fused-ring (bicyclic) bond motifs is 1. The fourth-order valence-corrected chi connectivity index (χ4v) is 5.28. The number of nitrogens with one attached hydrogen (secondary N) is 1. The molecule has 1 heterocycles. The second kappa shape index (κ2) is 12.9. The Bertz CT molecular complexity index is 1260. The summed E-state index contributed by atoms with van der Waals surface area (Å²) in [6.07, 6.45) is 0.286. The van der Waals surface area contributed by atoms with Crippen molar-refractivity contribution in [3.8, 4) is 0 Å². The number of halogens is 2. The smallest absolute Gasteiger partial charge is 0.410 e. The number of ether oxygens (including phenoxy) is 1. The minimum Gasteiger partial charge on any atom is -0.444 e. The van der Waals surface area contributed by atoms with Gasteiger partial charge in [-0.05, 0) is 73.7 Å². The minimum absolute atomic E-state index is 0.0422. The Kier molecular flexibility index (Phi) is 9.59. The van der Waals surface area contributed by atoms with Crippen molar-refractivity contribution in [2.24, 2.45) is 0 Å². The van der Waals surface area contributed by atoms with Crippen LogP contribution in [0.4, 0.5) is 13.6 Å². The molecule has 0 saturated carbocycles. The Morgan fingerprint density at radius 3 is 2.33 bits per heavy atom. The lowest BCUT2D eigenvalue weighted by Gasteiger charge is -2.44. The van der Waals surface area contributed by atoms with Gasteiger partial charge in [0.15, 0.2) is 0 Å². The highest BCUT2D eigenvalue weighted by Crippen LogP contribution is 2.34. The zero-order valence-corrected chi connectivity index (χ0v) is 24.2. The molecule has 5 nitrogen and oxygen atoms in total. The number of benzene rings is 3. The van der Waals surface area contributed by atoms with E-state index in [1.807, 2.05) is 69.3 Å². The van der Waals surface area contributed by atoms with Gasteiger partial charge in [-0.3, -0.25) is 4.90 Å². The lowest BCUT2D eigenvalue weighted by molar-refractivity contribution is 0.0187. The maximum absolute atomic E-state index is 14.4. The largest absolute Gasteiger partial charge is 0.444 e. The summed E-state index contributed by atoms with van der Waals surface area (Å²) in [7, 11) is 0. The second-order valence-electron chi connectivity index (χ2n) is 11.9. The van der Waals surface area contributed by atoms with Crippen LogP contribution >= 0.6 is 0 Å². The predicted molar refractivity (Wildman–Crippen MR) is 155 cm³/mol. The quantitative estimate of drug-likeness (QED) is 0.317. The molecule has 2 atom stereocenters. The molecule has 3 aromatic carbocycles. The van der Waals surface area contributed by atoms with Crippen LogP contribution in [-0.2, 0) is 24.2 Å². The van der Waals surface area contributed by atoms with E-state index in [2.05, 4.69) is 24.1 Å². The van der Waals surface area contributed by atoms with E-state index in [4.69, 9.17) is 4.74 Å². The number of hydrogen-bond donors (Lipinski definition) is 1. The third-order valence-electron chi connectivity index (χ3n) is 7.07. The van der Waals surface area contributed by atoms with E-state index in [1.54, 1.807) is 11.0 Å². The van der Waals surface area contributed by atoms with Crippen molar-refractivity contribution in [3.05, 3.63) is 107 Å². The van der Waals surface area contributed by atoms with E-state index in [0.717, 1.165) is 22.3 Å². The van der Waals surface area contributed by atoms with Gasteiger partial charge in [-0.15, -0.1) is 0 Å². The highest BCUT2D eigenvalue weighted by atomic mass is 19.1. The zero-order chi connectivity index (χ0) is 28.9. The molecule has 4 rings (SSSR count). The van der Waals surface area contributed by atoms with Crippen molar-refractivity contribution in [3.63, 3.8) is 0 Å². The van der Waals surface area contributed by atoms with Crippen molar-refractivity contribution < 1.29 is 18.3 Å². The summed E-state index contributed by atoms with van der Waals surface area (Å²) in [5.41, 5.74) is 3.42. The first kappa shape index (κ1) is 29.7. The second-order valence-corrected chi connectivity index (χ2v) is 11.9. The third kappa shape index (κ3) is 8.12. The van der Waals surface area contributed by atoms with E-state index in [9.17, 15) is 13.6 Å². The van der Waals surface area contributed by atoms with Crippen molar-refractivity contribution in [1.82, 2.24) is 15.1 Å². The maximum Gasteiger partial charge on any atom is 0.410 e. The highest BCUT2D eigenvalue weighted by molar-refractivity contribution is 5.68. The summed E-state index contributed by atoms with van der Waals surface area (Å²) in [5, 5.41) is 3.67. The minimum atomic E-state index is -0.614. The molecule has 40 heavy (non-hydrogen) atoms. The summed E-state index contributed by atoms with van der Waals surface area (Å²) in [6, 6.07) is 21.4. The van der Waals surface area contributed by atoms with Crippen LogP contribution in [0.15, 0.2) is 72.8 Å². The molecule has 0 bridgehead atoms. The number of nitrogens with zero attached hydrogens (tertiary/aromatic N) is 2. The molecular formula is C33H41F2N3O2. The van der Waals surface area contributed by atoms with Gasteiger partial charge >= 0.3 is 6.09 Å². The first-order chi connectivity index (χ1) is 19.0. The maximum atomic E-state index is 14.4. The molecule has 3 aromatic rings. The predicted octanol–water partition coefficient (Wildman–Crippen LogP) is 6.87. The molecule has 0 aliphatic carbocycles. The lowest BCUT2D eigenvalue weighted by Crippen LogP contribution is -2.53. The Balaban J connectivity index is 1.64. The van der Waals surface area contributed by atoms with Gasteiger partial charge in [-0.1, -0.05) is 62.4 Å². The van der Waals surface area contributed by atoms with Crippen LogP contribution in [0.1, 0.15) is 62.9 Å². The molecule has 0 fully saturated rings. The van der Waals surface area contributed by atoms with E-state index < -0.39 is 5.60 Å². The average molecular weight is 550 g/mol. The fraction of sp³-hybridized carbons (Fsp3) is 0.424. The zero-order valence-electron chi connectivity index (χ0n) is 24.2. The molecule has 1 amide bonds. The van der Waals surface area contributed by atoms with Crippen LogP contribution in [-0.4, -0.2) is 46.7 Å². The summed E-state index contributed by atoms with van der Waals surface area (Å²) >= 11 is 0. The van der Waals surface area contributed by atoms with Crippen molar-refractivity contribution in [2.75, 3.05) is 13.1 Å². The third-order valence-corrected chi connectivity index (χ3v) is 7.07. The van der Waals surface area contributed by atoms with Crippen LogP contribution in [0.2, 0.25) is 0 Å². The molecule has 214 valence electrons. The molecular weight excluding hydrogens is 508 g/mol. The number of rotatable bonds is 9. The topological polar surface area (TPSA) is 44.8 Å². The van der Waals surface area contributed by atoms with Crippen molar-refractivity contribution >= 4 is 6.09 Å². The number of amides is 1. The fourth-order valence-electron chi connectivity index (χ4n) is 5.28. The normalized spacial score (nSPS) is 17.5. The van der Waals surface area contributed by atoms with E-state index in [0.29, 0.717) is 32.6 Å². The van der Waals surface area contributed by atoms with Crippen LogP contribution in [0.25, 0.3) is 0 Å². The molecule has 0 radical (unpaired) electrons. The molecule has 0 spiro atoms. The Morgan fingerprint density at radius 2 is 1.68 bits per heavy atom. The molecule has 0 saturated heterocycles. The standard InChI is InChI=1S/C33H41F2N3O2/c1-23(2)36-31-29-20-28(35)16-13-26(29)22-37(30(31)19-24-11-14-27(34)15-12-24)17-18-38(32(39)40-33(3,4)5)21-25-9-7-6-8-10-25/h6-16,20,23,30-31,36H,17-19,21-22H2,1-5H3. The van der Waals surface area contributed by atoms with Gasteiger partial charge in [0.05, 0.1) is 0 Å². The lowest BCUT2D eigenvalue weighted by atomic mass is 9.85. The van der Waals surface area contributed by atoms with Gasteiger partial charge in [-0.25, -0.2) is 13.6 Å². The van der Waals surface area contributed by atoms with Gasteiger partial charge in [0.2, 0.25) is 0 Å². The summed E-state index contributed by atoms with van der Waals surface area (Å²) < 4.78 is 33.9. The van der Waals surface area contributed by atoms with Gasteiger partial charge in [-0.2, -0.15) is 0 Å². The molecule has 1 aliphatic rings. The van der Waals surface area contributed by atoms with E-state index in [-0.39, 0.29) is 35.9 Å². The molecule has 2 unspecified atom stereocenters. The van der Waals surface area contributed by atoms with Gasteiger partial charge in [0.1, 0.15) is 17.2 Å². The Hall–Kier alpha value is -3.29. The van der Waals surface area contributed by atoms with E-state index >= 15 is 0 Å². The van der Waals surface area contributed by atoms with Gasteiger partial charge in [0.25, 0.3) is 0 Å². The van der Waals surface area contributed by atoms with Gasteiger partial charge < -0.3 is 15.0 Å². The molecule has 0 aromatic heterocycles. The Labute approximate surface area is 237 Å². The molecule has 1 N–H and O–H groups in total. The molecule has 7 heteroatoms. The van der Waals surface area contributed by atoms with Crippen molar-refractivity contribution in [2.45, 2.75) is 77.9 Å². The van der Waals surface area contributed by atoms with Crippen LogP contribution in [0, 0.1) is 11.6 Å². The first-order valence-electron chi connectivity index (χ1n) is 14.0. The van der Waals surface area contributed by atoms with Crippen LogP contribution < -0.4 is 5.32 Å². The van der Waals surface area contributed by atoms with E-state index in [1.165, 1.54) is 18.2 Å². The SMILES string of the molecule is CC(C)NC1c2cc(F)ccc2CN(CCN(Cc2ccccc2)C(=O)OC(C)(C)C)C1Cc1ccc(F)cc1. The van der Waals surface area contributed by atoms with Crippen molar-refractivity contribution in [1.29, 1.82) is 0 Å². The molecule has 1 aliphatic heterocycles. The number of carbonyl (C=O) groups is 1. The number of hydrogen-bond acceptors (Lipinski definition) is 4. The Morgan fingerprint density at radius 1 is 1.00 bits per heavy atom. The monoisotopic (exact) mass is 549 g/mol. The highest BCUT2D eigenvalue weighted by Gasteiger charge is 2.36. The number of carbonyl (C=O) groups excluding carboxylic acids is 1.